The predicted octanol–water partition coefficient (Wildman–Crippen LogP) is 0.771. The van der Waals surface area contributed by atoms with Gasteiger partial charge in [0.1, 0.15) is 5.82 Å². The molecule has 4 rings (SSSR count). The van der Waals surface area contributed by atoms with Crippen LogP contribution in [0.2, 0.25) is 0 Å². The summed E-state index contributed by atoms with van der Waals surface area (Å²) in [5, 5.41) is 10.8. The Morgan fingerprint density at radius 2 is 1.72 bits per heavy atom. The van der Waals surface area contributed by atoms with Gasteiger partial charge in [0.25, 0.3) is 11.6 Å². The lowest BCUT2D eigenvalue weighted by Gasteiger charge is -2.35. The van der Waals surface area contributed by atoms with Crippen LogP contribution in [0, 0.1) is 15.9 Å². The summed E-state index contributed by atoms with van der Waals surface area (Å²) in [6.45, 7) is 2.67. The highest BCUT2D eigenvalue weighted by Crippen LogP contribution is 2.23. The van der Waals surface area contributed by atoms with Gasteiger partial charge >= 0.3 is 0 Å². The number of nitro benzene ring substituents is 1. The van der Waals surface area contributed by atoms with E-state index < -0.39 is 16.8 Å². The van der Waals surface area contributed by atoms with Gasteiger partial charge in [0.05, 0.1) is 43.2 Å². The maximum atomic E-state index is 13.5. The number of hydrogen-bond acceptors (Lipinski definition) is 5. The number of nitrogens with one attached hydrogen (secondary N) is 1. The fourth-order valence-electron chi connectivity index (χ4n) is 4.02. The number of halogens is 1. The number of piperazine rings is 1. The number of rotatable bonds is 4. The molecule has 2 amide bonds. The summed E-state index contributed by atoms with van der Waals surface area (Å²) in [7, 11) is 0. The number of carbonyl (C=O) groups excluding carboxylic acids is 2. The monoisotopic (exact) mass is 399 g/mol. The van der Waals surface area contributed by atoms with E-state index in [1.807, 2.05) is 0 Å². The van der Waals surface area contributed by atoms with Gasteiger partial charge in [-0.25, -0.2) is 9.29 Å². The third kappa shape index (κ3) is 3.68. The zero-order valence-corrected chi connectivity index (χ0v) is 15.6. The number of carbonyl (C=O) groups is 2. The maximum absolute atomic E-state index is 13.5. The molecule has 2 aromatic rings. The van der Waals surface area contributed by atoms with E-state index in [0.717, 1.165) is 15.5 Å². The van der Waals surface area contributed by atoms with Crippen LogP contribution in [0.5, 0.6) is 0 Å². The summed E-state index contributed by atoms with van der Waals surface area (Å²) in [6.07, 6.45) is 0.113. The van der Waals surface area contributed by atoms with Gasteiger partial charge in [-0.05, 0) is 30.3 Å². The first-order valence-electron chi connectivity index (χ1n) is 9.40. The third-order valence-corrected chi connectivity index (χ3v) is 5.54. The highest BCUT2D eigenvalue weighted by Gasteiger charge is 2.46. The van der Waals surface area contributed by atoms with Gasteiger partial charge in [0.15, 0.2) is 6.04 Å². The van der Waals surface area contributed by atoms with Crippen LogP contribution in [-0.4, -0.2) is 49.0 Å². The van der Waals surface area contributed by atoms with Gasteiger partial charge in [0, 0.05) is 17.8 Å². The number of non-ortho nitro benzene ring substituents is 1. The van der Waals surface area contributed by atoms with Crippen molar-refractivity contribution in [1.29, 1.82) is 0 Å². The molecule has 0 bridgehead atoms. The molecular formula is C20H20FN4O4+. The molecule has 1 atom stereocenters. The summed E-state index contributed by atoms with van der Waals surface area (Å²) in [4.78, 5) is 39.9. The molecule has 0 unspecified atom stereocenters. The second kappa shape index (κ2) is 7.59. The summed E-state index contributed by atoms with van der Waals surface area (Å²) < 4.78 is 13.5. The lowest BCUT2D eigenvalue weighted by atomic mass is 10.1. The Balaban J connectivity index is 1.41. The molecule has 2 fully saturated rings. The van der Waals surface area contributed by atoms with Crippen molar-refractivity contribution in [2.45, 2.75) is 12.5 Å². The van der Waals surface area contributed by atoms with Crippen LogP contribution in [0.15, 0.2) is 48.5 Å². The SMILES string of the molecule is O=C1C[C@H]([NH+]2CCN(c3ccc([N+](=O)[O-])cc3)CC2)C(=O)N1c1cccc(F)c1. The summed E-state index contributed by atoms with van der Waals surface area (Å²) in [5.74, 6) is -1.09. The zero-order valence-electron chi connectivity index (χ0n) is 15.6. The number of anilines is 2. The second-order valence-electron chi connectivity index (χ2n) is 7.22. The molecule has 0 saturated carbocycles. The Morgan fingerprint density at radius 1 is 1.03 bits per heavy atom. The average molecular weight is 399 g/mol. The molecule has 2 aliphatic heterocycles. The van der Waals surface area contributed by atoms with Gasteiger partial charge in [-0.2, -0.15) is 0 Å². The molecule has 0 aliphatic carbocycles. The number of nitrogens with zero attached hydrogens (tertiary/aromatic N) is 3. The van der Waals surface area contributed by atoms with Crippen molar-refractivity contribution in [3.05, 3.63) is 64.5 Å². The minimum absolute atomic E-state index is 0.0468. The molecule has 2 saturated heterocycles. The number of quaternary nitrogens is 1. The molecule has 1 N–H and O–H groups in total. The van der Waals surface area contributed by atoms with Crippen LogP contribution in [-0.2, 0) is 9.59 Å². The number of hydrogen-bond donors (Lipinski definition) is 1. The molecule has 0 aromatic heterocycles. The van der Waals surface area contributed by atoms with E-state index in [2.05, 4.69) is 4.90 Å². The highest BCUT2D eigenvalue weighted by molar-refractivity contribution is 6.21. The maximum Gasteiger partial charge on any atom is 0.292 e. The van der Waals surface area contributed by atoms with Crippen LogP contribution in [0.25, 0.3) is 0 Å². The Morgan fingerprint density at radius 3 is 2.34 bits per heavy atom. The molecule has 2 aliphatic rings. The fourth-order valence-corrected chi connectivity index (χ4v) is 4.02. The number of imide groups is 1. The zero-order chi connectivity index (χ0) is 20.5. The van der Waals surface area contributed by atoms with Crippen LogP contribution in [0.1, 0.15) is 6.42 Å². The molecule has 2 heterocycles. The number of amides is 2. The lowest BCUT2D eigenvalue weighted by Crippen LogP contribution is -3.19. The van der Waals surface area contributed by atoms with Crippen LogP contribution in [0.4, 0.5) is 21.5 Å². The minimum atomic E-state index is -0.490. The van der Waals surface area contributed by atoms with E-state index in [9.17, 15) is 24.1 Å². The molecule has 150 valence electrons. The van der Waals surface area contributed by atoms with E-state index >= 15 is 0 Å². The first-order valence-corrected chi connectivity index (χ1v) is 9.40. The van der Waals surface area contributed by atoms with Gasteiger partial charge in [-0.15, -0.1) is 0 Å². The topological polar surface area (TPSA) is 88.2 Å². The van der Waals surface area contributed by atoms with Crippen molar-refractivity contribution in [3.63, 3.8) is 0 Å². The van der Waals surface area contributed by atoms with Gasteiger partial charge in [-0.3, -0.25) is 19.7 Å². The molecule has 8 nitrogen and oxygen atoms in total. The van der Waals surface area contributed by atoms with Gasteiger partial charge < -0.3 is 9.80 Å². The molecular weight excluding hydrogens is 379 g/mol. The quantitative estimate of drug-likeness (QED) is 0.466. The summed E-state index contributed by atoms with van der Waals surface area (Å²) in [6, 6.07) is 11.4. The van der Waals surface area contributed by atoms with E-state index in [-0.39, 0.29) is 29.6 Å². The molecule has 2 aromatic carbocycles. The first-order chi connectivity index (χ1) is 13.9. The summed E-state index contributed by atoms with van der Waals surface area (Å²) in [5.41, 5.74) is 1.21. The van der Waals surface area contributed by atoms with E-state index in [1.165, 1.54) is 30.3 Å². The third-order valence-electron chi connectivity index (χ3n) is 5.54. The van der Waals surface area contributed by atoms with E-state index in [0.29, 0.717) is 26.2 Å². The molecule has 0 radical (unpaired) electrons. The fraction of sp³-hybridized carbons (Fsp3) is 0.300. The normalized spacial score (nSPS) is 20.4. The van der Waals surface area contributed by atoms with E-state index in [4.69, 9.17) is 0 Å². The molecule has 9 heteroatoms. The van der Waals surface area contributed by atoms with Crippen LogP contribution in [0.3, 0.4) is 0 Å². The number of benzene rings is 2. The Bertz CT molecular complexity index is 957. The van der Waals surface area contributed by atoms with Gasteiger partial charge in [0.2, 0.25) is 5.91 Å². The smallest absolute Gasteiger partial charge is 0.292 e. The highest BCUT2D eigenvalue weighted by atomic mass is 19.1. The second-order valence-corrected chi connectivity index (χ2v) is 7.22. The Hall–Kier alpha value is -3.33. The predicted molar refractivity (Wildman–Crippen MR) is 103 cm³/mol. The van der Waals surface area contributed by atoms with Crippen molar-refractivity contribution in [3.8, 4) is 0 Å². The Labute approximate surface area is 166 Å². The standard InChI is InChI=1S/C20H19FN4O4/c21-14-2-1-3-17(12-14)24-19(26)13-18(20(24)27)23-10-8-22(9-11-23)15-4-6-16(7-5-15)25(28)29/h1-7,12,18H,8-11,13H2/p+1/t18-/m0/s1. The Kier molecular flexibility index (Phi) is 4.98. The average Bonchev–Trinajstić information content (AvgIpc) is 3.02. The van der Waals surface area contributed by atoms with Crippen molar-refractivity contribution in [2.24, 2.45) is 0 Å². The first kappa shape index (κ1) is 19.0. The minimum Gasteiger partial charge on any atom is -0.360 e. The van der Waals surface area contributed by atoms with Crippen molar-refractivity contribution in [2.75, 3.05) is 36.0 Å². The van der Waals surface area contributed by atoms with Crippen LogP contribution < -0.4 is 14.7 Å². The van der Waals surface area contributed by atoms with Gasteiger partial charge in [-0.1, -0.05) is 6.07 Å². The van der Waals surface area contributed by atoms with Crippen molar-refractivity contribution >= 4 is 28.9 Å². The molecule has 29 heavy (non-hydrogen) atoms. The largest absolute Gasteiger partial charge is 0.360 e. The lowest BCUT2D eigenvalue weighted by molar-refractivity contribution is -0.915. The number of nitro groups is 1. The molecule has 0 spiro atoms. The van der Waals surface area contributed by atoms with Crippen LogP contribution >= 0.6 is 0 Å². The van der Waals surface area contributed by atoms with E-state index in [1.54, 1.807) is 18.2 Å². The van der Waals surface area contributed by atoms with Crippen molar-refractivity contribution < 1.29 is 23.8 Å². The summed E-state index contributed by atoms with van der Waals surface area (Å²) >= 11 is 0. The van der Waals surface area contributed by atoms with Crippen molar-refractivity contribution in [1.82, 2.24) is 0 Å².